The van der Waals surface area contributed by atoms with E-state index in [0.29, 0.717) is 65.5 Å². The van der Waals surface area contributed by atoms with Crippen LogP contribution in [-0.4, -0.2) is 78.3 Å². The van der Waals surface area contributed by atoms with Crippen molar-refractivity contribution < 1.29 is 79.6 Å². The minimum absolute atomic E-state index is 0. The summed E-state index contributed by atoms with van der Waals surface area (Å²) in [5.41, 5.74) is -4.59. The van der Waals surface area contributed by atoms with Gasteiger partial charge >= 0.3 is 65.0 Å². The first-order valence-corrected chi connectivity index (χ1v) is 36.1. The van der Waals surface area contributed by atoms with Gasteiger partial charge in [-0.2, -0.15) is 21.6 Å². The fourth-order valence-corrected chi connectivity index (χ4v) is 9.42. The molecule has 0 aliphatic carbocycles. The number of rotatable bonds is 14. The van der Waals surface area contributed by atoms with Gasteiger partial charge in [0.25, 0.3) is 0 Å². The van der Waals surface area contributed by atoms with Crippen molar-refractivity contribution in [1.29, 1.82) is 0 Å². The number of aromatic amines is 2. The molecular weight excluding hydrogens is 1520 g/mol. The molecule has 0 amide bonds. The van der Waals surface area contributed by atoms with Crippen LogP contribution >= 0.6 is 87.1 Å². The molecule has 31 heteroatoms. The van der Waals surface area contributed by atoms with Gasteiger partial charge in [0.05, 0.1) is 34.0 Å². The van der Waals surface area contributed by atoms with Crippen molar-refractivity contribution in [1.82, 2.24) is 19.9 Å². The number of carbonyl (C=O) groups excluding carboxylic acids is 2. The number of alkyl halides is 3. The first-order valence-electron chi connectivity index (χ1n) is 21.5. The van der Waals surface area contributed by atoms with E-state index in [4.69, 9.17) is 36.2 Å². The number of carbonyl (C=O) groups is 2. The summed E-state index contributed by atoms with van der Waals surface area (Å²) in [5.74, 6) is -7.14. The Balaban J connectivity index is 0.000000280. The maximum absolute atomic E-state index is 15.1. The molecule has 4 aromatic heterocycles. The molecule has 4 aromatic carbocycles. The van der Waals surface area contributed by atoms with E-state index in [2.05, 4.69) is 69.3 Å². The Hall–Kier alpha value is -4.13. The SMILES string of the molecule is CCCS(=O)(=O)Nc1ccc(F)c(C(=O)c2c[nH]c3ncc(-c4ccc(Cl)cc4)cc23)c1F.CCCS(=O)(=O)Nc1ccc(F)c(C(=O)c2c[nH]c3ncc(-c4ccc(Cl)cc4)cc23)c1F.I.O=S(=O)(O)C(F)(F)F.[I][V][I]. The third kappa shape index (κ3) is 17.2. The summed E-state index contributed by atoms with van der Waals surface area (Å²) in [5, 5.41) is 1.85. The van der Waals surface area contributed by atoms with Gasteiger partial charge in [-0.3, -0.25) is 23.6 Å². The van der Waals surface area contributed by atoms with Gasteiger partial charge in [-0.1, -0.05) is 61.3 Å². The Morgan fingerprint density at radius 1 is 0.615 bits per heavy atom. The fraction of sp³-hybridized carbons (Fsp3) is 0.149. The summed E-state index contributed by atoms with van der Waals surface area (Å²) in [7, 11) is -12.9. The van der Waals surface area contributed by atoms with Crippen molar-refractivity contribution in [2.75, 3.05) is 20.9 Å². The van der Waals surface area contributed by atoms with E-state index in [1.165, 1.54) is 12.4 Å². The molecule has 0 aliphatic rings. The molecule has 0 atom stereocenters. The van der Waals surface area contributed by atoms with Crippen LogP contribution in [0, 0.1) is 23.3 Å². The molecule has 0 saturated carbocycles. The standard InChI is InChI=1S/2C23H18ClF2N3O3S.CHF3O3S.3HI.V/c2*1-2-9-33(31,32)29-19-8-7-18(25)20(21(19)26)22(30)17-12-28-23-16(17)10-14(11-27-23)13-3-5-15(24)6-4-13;2-1(3,4)8(5,6)7;;;;/h2*3-8,10-12,29H,2,9H2,1H3,(H,27,28);(H,5,6,7);3*1H;/q;;;;;;+2/p-2. The van der Waals surface area contributed by atoms with Crippen molar-refractivity contribution in [2.24, 2.45) is 0 Å². The number of H-pyrrole nitrogens is 2. The summed E-state index contributed by atoms with van der Waals surface area (Å²) in [6.45, 7) is 3.30. The maximum atomic E-state index is 15.1. The van der Waals surface area contributed by atoms with Gasteiger partial charge < -0.3 is 9.97 Å². The van der Waals surface area contributed by atoms with E-state index in [1.54, 1.807) is 86.9 Å². The summed E-state index contributed by atoms with van der Waals surface area (Å²) < 4.78 is 169. The van der Waals surface area contributed by atoms with Crippen LogP contribution in [-0.2, 0) is 39.6 Å². The number of hydrogen-bond donors (Lipinski definition) is 5. The molecule has 0 unspecified atom stereocenters. The first-order chi connectivity index (χ1) is 36.1. The number of hydrogen-bond acceptors (Lipinski definition) is 10. The van der Waals surface area contributed by atoms with Gasteiger partial charge in [0.2, 0.25) is 31.6 Å². The van der Waals surface area contributed by atoms with E-state index in [9.17, 15) is 48.4 Å². The predicted molar refractivity (Wildman–Crippen MR) is 309 cm³/mol. The van der Waals surface area contributed by atoms with Gasteiger partial charge in [-0.05, 0) is 84.6 Å². The summed E-state index contributed by atoms with van der Waals surface area (Å²) in [4.78, 5) is 40.6. The molecule has 5 N–H and O–H groups in total. The zero-order chi connectivity index (χ0) is 57.2. The van der Waals surface area contributed by atoms with Crippen LogP contribution in [0.25, 0.3) is 44.3 Å². The van der Waals surface area contributed by atoms with Crippen molar-refractivity contribution in [3.05, 3.63) is 165 Å². The molecule has 15 nitrogen and oxygen atoms in total. The second-order valence-electron chi connectivity index (χ2n) is 15.7. The van der Waals surface area contributed by atoms with Crippen LogP contribution in [0.2, 0.25) is 10.0 Å². The van der Waals surface area contributed by atoms with Gasteiger partial charge in [-0.15, -0.1) is 24.0 Å². The van der Waals surface area contributed by atoms with Crippen molar-refractivity contribution in [2.45, 2.75) is 32.2 Å². The molecule has 0 radical (unpaired) electrons. The van der Waals surface area contributed by atoms with Crippen molar-refractivity contribution >= 4 is 162 Å². The van der Waals surface area contributed by atoms with Gasteiger partial charge in [0, 0.05) is 67.9 Å². The van der Waals surface area contributed by atoms with E-state index >= 15 is 8.78 Å². The van der Waals surface area contributed by atoms with Crippen molar-refractivity contribution in [3.8, 4) is 22.3 Å². The van der Waals surface area contributed by atoms with Gasteiger partial charge in [0.1, 0.15) is 22.9 Å². The van der Waals surface area contributed by atoms with E-state index in [0.717, 1.165) is 35.4 Å². The molecule has 0 aliphatic heterocycles. The molecule has 8 rings (SSSR count). The number of fused-ring (bicyclic) bond motifs is 2. The van der Waals surface area contributed by atoms with Crippen LogP contribution in [0.4, 0.5) is 42.1 Å². The summed E-state index contributed by atoms with van der Waals surface area (Å²) in [6, 6.07) is 20.9. The number of nitrogens with one attached hydrogen (secondary N) is 4. The molecular formula is C47H38Cl2F7I3N6O9S3V. The van der Waals surface area contributed by atoms with Gasteiger partial charge in [0.15, 0.2) is 11.6 Å². The predicted octanol–water partition coefficient (Wildman–Crippen LogP) is 13.9. The number of halogens is 12. The average molecular weight is 1560 g/mol. The number of aromatic nitrogens is 4. The van der Waals surface area contributed by atoms with Gasteiger partial charge in [-0.25, -0.2) is 44.4 Å². The monoisotopic (exact) mass is 1560 g/mol. The number of anilines is 2. The Bertz CT molecular complexity index is 3590. The molecule has 78 heavy (non-hydrogen) atoms. The first kappa shape index (κ1) is 66.4. The van der Waals surface area contributed by atoms with E-state index < -0.39 is 93.0 Å². The molecule has 417 valence electrons. The summed E-state index contributed by atoms with van der Waals surface area (Å²) >= 11 is 16.6. The van der Waals surface area contributed by atoms with Crippen molar-refractivity contribution in [3.63, 3.8) is 0 Å². The van der Waals surface area contributed by atoms with E-state index in [1.807, 2.05) is 0 Å². The van der Waals surface area contributed by atoms with Crippen LogP contribution in [0.15, 0.2) is 110 Å². The number of nitrogens with zero attached hydrogens (tertiary/aromatic N) is 2. The molecule has 8 aromatic rings. The Morgan fingerprint density at radius 2 is 0.936 bits per heavy atom. The Morgan fingerprint density at radius 3 is 1.23 bits per heavy atom. The molecule has 0 saturated heterocycles. The molecule has 0 spiro atoms. The average Bonchev–Trinajstić information content (AvgIpc) is 3.98. The van der Waals surface area contributed by atoms with Crippen LogP contribution in [0.1, 0.15) is 58.5 Å². The van der Waals surface area contributed by atoms with Crippen LogP contribution < -0.4 is 9.44 Å². The second-order valence-corrected chi connectivity index (χ2v) is 33.5. The number of ketones is 2. The Kier molecular flexibility index (Phi) is 24.3. The zero-order valence-corrected chi connectivity index (χ0v) is 51.6. The molecule has 0 fully saturated rings. The Labute approximate surface area is 497 Å². The fourth-order valence-electron chi connectivity index (χ4n) is 6.91. The third-order valence-electron chi connectivity index (χ3n) is 10.3. The number of sulfonamides is 2. The molecule has 4 heterocycles. The second kappa shape index (κ2) is 28.5. The molecule has 0 bridgehead atoms. The topological polar surface area (TPSA) is 238 Å². The minimum atomic E-state index is -5.84. The summed E-state index contributed by atoms with van der Waals surface area (Å²) in [6.07, 6.45) is 6.45. The third-order valence-corrected chi connectivity index (χ3v) is 14.4. The normalized spacial score (nSPS) is 11.5. The van der Waals surface area contributed by atoms with Crippen LogP contribution in [0.3, 0.4) is 0 Å². The quantitative estimate of drug-likeness (QED) is 0.0226. The number of benzene rings is 4. The van der Waals surface area contributed by atoms with Crippen LogP contribution in [0.5, 0.6) is 0 Å². The zero-order valence-electron chi connectivity index (χ0n) is 39.6. The van der Waals surface area contributed by atoms with E-state index in [-0.39, 0.29) is 46.6 Å². The number of pyridine rings is 2.